The van der Waals surface area contributed by atoms with Crippen molar-refractivity contribution >= 4 is 27.8 Å². The van der Waals surface area contributed by atoms with E-state index in [-0.39, 0.29) is 11.6 Å². The van der Waals surface area contributed by atoms with Gasteiger partial charge in [-0.05, 0) is 68.4 Å². The summed E-state index contributed by atoms with van der Waals surface area (Å²) in [6, 6.07) is 6.26. The van der Waals surface area contributed by atoms with Gasteiger partial charge in [-0.15, -0.1) is 0 Å². The molecule has 1 saturated heterocycles. The number of hydrogen-bond acceptors (Lipinski definition) is 7. The topological polar surface area (TPSA) is 92.5 Å². The summed E-state index contributed by atoms with van der Waals surface area (Å²) >= 11 is 0. The lowest BCUT2D eigenvalue weighted by Gasteiger charge is -2.34. The zero-order chi connectivity index (χ0) is 24.0. The number of morpholine rings is 1. The van der Waals surface area contributed by atoms with Crippen molar-refractivity contribution in [2.75, 3.05) is 38.2 Å². The second-order valence-electron chi connectivity index (χ2n) is 10.9. The van der Waals surface area contributed by atoms with Crippen LogP contribution in [0.5, 0.6) is 0 Å². The fourth-order valence-electron chi connectivity index (χ4n) is 5.56. The fraction of sp³-hybridized carbons (Fsp3) is 0.593. The molecule has 186 valence electrons. The molecule has 3 aromatic rings. The summed E-state index contributed by atoms with van der Waals surface area (Å²) in [7, 11) is 0. The number of hydrogen-bond donors (Lipinski definition) is 2. The van der Waals surface area contributed by atoms with Crippen LogP contribution in [0.25, 0.3) is 21.8 Å². The van der Waals surface area contributed by atoms with Crippen molar-refractivity contribution in [3.8, 4) is 0 Å². The molecule has 0 unspecified atom stereocenters. The van der Waals surface area contributed by atoms with Crippen molar-refractivity contribution in [2.24, 2.45) is 5.92 Å². The first-order valence-electron chi connectivity index (χ1n) is 13.1. The van der Waals surface area contributed by atoms with E-state index in [1.807, 2.05) is 17.7 Å². The quantitative estimate of drug-likeness (QED) is 0.525. The number of aromatic nitrogens is 3. The standard InChI is InChI=1S/C27H35N5O3/c1-27(34)8-6-20(7-9-27)32-24-23(16-29-26(30-24)28-15-18-2-3-18)21-5-4-19(14-22(21)25(32)33)17-31-10-12-35-13-11-31/h4-5,14,16,18,20,34H,2-3,6-13,15,17H2,1H3,(H,28,29,30). The largest absolute Gasteiger partial charge is 0.390 e. The van der Waals surface area contributed by atoms with Crippen molar-refractivity contribution < 1.29 is 9.84 Å². The highest BCUT2D eigenvalue weighted by Crippen LogP contribution is 2.36. The van der Waals surface area contributed by atoms with Crippen molar-refractivity contribution in [1.82, 2.24) is 19.4 Å². The van der Waals surface area contributed by atoms with Crippen LogP contribution in [0, 0.1) is 5.92 Å². The van der Waals surface area contributed by atoms with Gasteiger partial charge in [-0.2, -0.15) is 4.98 Å². The lowest BCUT2D eigenvalue weighted by Crippen LogP contribution is -2.36. The summed E-state index contributed by atoms with van der Waals surface area (Å²) in [5, 5.41) is 16.4. The summed E-state index contributed by atoms with van der Waals surface area (Å²) in [6.07, 6.45) is 7.26. The molecule has 0 atom stereocenters. The lowest BCUT2D eigenvalue weighted by atomic mass is 9.83. The Balaban J connectivity index is 1.44. The Bertz CT molecular complexity index is 1280. The third-order valence-corrected chi connectivity index (χ3v) is 7.97. The molecule has 2 aromatic heterocycles. The van der Waals surface area contributed by atoms with Crippen molar-refractivity contribution in [3.05, 3.63) is 40.3 Å². The van der Waals surface area contributed by atoms with E-state index < -0.39 is 5.60 Å². The zero-order valence-corrected chi connectivity index (χ0v) is 20.5. The Kier molecular flexibility index (Phi) is 5.98. The predicted molar refractivity (Wildman–Crippen MR) is 137 cm³/mol. The number of rotatable bonds is 6. The fourth-order valence-corrected chi connectivity index (χ4v) is 5.56. The molecule has 8 nitrogen and oxygen atoms in total. The minimum absolute atomic E-state index is 0.00899. The van der Waals surface area contributed by atoms with Gasteiger partial charge < -0.3 is 15.2 Å². The molecule has 0 bridgehead atoms. The van der Waals surface area contributed by atoms with Crippen LogP contribution in [0.1, 0.15) is 57.1 Å². The van der Waals surface area contributed by atoms with E-state index in [0.29, 0.717) is 30.4 Å². The van der Waals surface area contributed by atoms with Crippen molar-refractivity contribution in [3.63, 3.8) is 0 Å². The maximum atomic E-state index is 14.0. The van der Waals surface area contributed by atoms with Crippen LogP contribution in [0.4, 0.5) is 5.95 Å². The summed E-state index contributed by atoms with van der Waals surface area (Å²) in [5.74, 6) is 1.29. The van der Waals surface area contributed by atoms with E-state index in [1.165, 1.54) is 12.8 Å². The van der Waals surface area contributed by atoms with Gasteiger partial charge in [0.1, 0.15) is 5.65 Å². The van der Waals surface area contributed by atoms with Gasteiger partial charge in [-0.3, -0.25) is 14.3 Å². The van der Waals surface area contributed by atoms with Crippen LogP contribution < -0.4 is 10.9 Å². The molecule has 6 rings (SSSR count). The van der Waals surface area contributed by atoms with Crippen LogP contribution >= 0.6 is 0 Å². The molecule has 3 fully saturated rings. The highest BCUT2D eigenvalue weighted by Gasteiger charge is 2.31. The van der Waals surface area contributed by atoms with Crippen molar-refractivity contribution in [1.29, 1.82) is 0 Å². The Morgan fingerprint density at radius 1 is 1.11 bits per heavy atom. The smallest absolute Gasteiger partial charge is 0.260 e. The molecular formula is C27H35N5O3. The van der Waals surface area contributed by atoms with E-state index in [2.05, 4.69) is 33.4 Å². The van der Waals surface area contributed by atoms with E-state index >= 15 is 0 Å². The maximum Gasteiger partial charge on any atom is 0.260 e. The van der Waals surface area contributed by atoms with Gasteiger partial charge >= 0.3 is 0 Å². The van der Waals surface area contributed by atoms with Gasteiger partial charge in [0.25, 0.3) is 5.56 Å². The first kappa shape index (κ1) is 22.9. The molecule has 1 aromatic carbocycles. The normalized spacial score (nSPS) is 25.8. The van der Waals surface area contributed by atoms with E-state index in [4.69, 9.17) is 9.72 Å². The van der Waals surface area contributed by atoms with Gasteiger partial charge in [-0.25, -0.2) is 4.98 Å². The number of nitrogens with zero attached hydrogens (tertiary/aromatic N) is 4. The number of anilines is 1. The van der Waals surface area contributed by atoms with Gasteiger partial charge in [-0.1, -0.05) is 12.1 Å². The minimum Gasteiger partial charge on any atom is -0.390 e. The first-order valence-corrected chi connectivity index (χ1v) is 13.1. The second kappa shape index (κ2) is 9.15. The Morgan fingerprint density at radius 3 is 2.63 bits per heavy atom. The number of ether oxygens (including phenoxy) is 1. The van der Waals surface area contributed by atoms with Gasteiger partial charge in [0.15, 0.2) is 0 Å². The Hall–Kier alpha value is -2.55. The molecule has 2 saturated carbocycles. The average molecular weight is 478 g/mol. The Morgan fingerprint density at radius 2 is 1.89 bits per heavy atom. The van der Waals surface area contributed by atoms with Crippen molar-refractivity contribution in [2.45, 2.75) is 63.6 Å². The number of nitrogens with one attached hydrogen (secondary N) is 1. The predicted octanol–water partition coefficient (Wildman–Crippen LogP) is 3.46. The van der Waals surface area contributed by atoms with Gasteiger partial charge in [0.05, 0.1) is 18.8 Å². The van der Waals surface area contributed by atoms with E-state index in [0.717, 1.165) is 74.0 Å². The molecule has 8 heteroatoms. The maximum absolute atomic E-state index is 14.0. The van der Waals surface area contributed by atoms with Crippen LogP contribution in [0.2, 0.25) is 0 Å². The second-order valence-corrected chi connectivity index (χ2v) is 10.9. The van der Waals surface area contributed by atoms with E-state index in [1.54, 1.807) is 0 Å². The third-order valence-electron chi connectivity index (χ3n) is 7.97. The molecule has 0 spiro atoms. The highest BCUT2D eigenvalue weighted by molar-refractivity contribution is 6.04. The summed E-state index contributed by atoms with van der Waals surface area (Å²) < 4.78 is 7.38. The Labute approximate surface area is 205 Å². The number of aliphatic hydroxyl groups is 1. The highest BCUT2D eigenvalue weighted by atomic mass is 16.5. The SMILES string of the molecule is CC1(O)CCC(n2c(=O)c3cc(CN4CCOCC4)ccc3c3cnc(NCC4CC4)nc32)CC1. The summed E-state index contributed by atoms with van der Waals surface area (Å²) in [6.45, 7) is 6.91. The molecule has 3 heterocycles. The van der Waals surface area contributed by atoms with E-state index in [9.17, 15) is 9.90 Å². The molecule has 2 aliphatic carbocycles. The molecule has 1 aliphatic heterocycles. The number of pyridine rings is 1. The van der Waals surface area contributed by atoms with Crippen LogP contribution in [-0.4, -0.2) is 63.0 Å². The molecular weight excluding hydrogens is 442 g/mol. The number of benzene rings is 1. The average Bonchev–Trinajstić information content (AvgIpc) is 3.69. The summed E-state index contributed by atoms with van der Waals surface area (Å²) in [5.41, 5.74) is 1.18. The first-order chi connectivity index (χ1) is 17.0. The molecule has 35 heavy (non-hydrogen) atoms. The lowest BCUT2D eigenvalue weighted by molar-refractivity contribution is 0.0100. The van der Waals surface area contributed by atoms with Crippen LogP contribution in [-0.2, 0) is 11.3 Å². The van der Waals surface area contributed by atoms with Crippen LogP contribution in [0.15, 0.2) is 29.2 Å². The monoisotopic (exact) mass is 477 g/mol. The van der Waals surface area contributed by atoms with Gasteiger partial charge in [0.2, 0.25) is 5.95 Å². The minimum atomic E-state index is -0.663. The number of fused-ring (bicyclic) bond motifs is 3. The molecule has 0 radical (unpaired) electrons. The van der Waals surface area contributed by atoms with Gasteiger partial charge in [0, 0.05) is 49.2 Å². The molecule has 3 aliphatic rings. The summed E-state index contributed by atoms with van der Waals surface area (Å²) in [4.78, 5) is 25.9. The molecule has 0 amide bonds. The molecule has 2 N–H and O–H groups in total. The zero-order valence-electron chi connectivity index (χ0n) is 20.5. The third kappa shape index (κ3) is 4.79. The van der Waals surface area contributed by atoms with Crippen LogP contribution in [0.3, 0.4) is 0 Å².